The molecule has 1 N–H and O–H groups in total. The summed E-state index contributed by atoms with van der Waals surface area (Å²) in [5.41, 5.74) is 0.279. The van der Waals surface area contributed by atoms with E-state index in [4.69, 9.17) is 5.26 Å². The van der Waals surface area contributed by atoms with E-state index < -0.39 is 5.41 Å². The van der Waals surface area contributed by atoms with Gasteiger partial charge in [0.15, 0.2) is 0 Å². The van der Waals surface area contributed by atoms with Gasteiger partial charge in [-0.15, -0.1) is 0 Å². The van der Waals surface area contributed by atoms with Gasteiger partial charge in [0.05, 0.1) is 12.6 Å². The van der Waals surface area contributed by atoms with Gasteiger partial charge >= 0.3 is 0 Å². The molecule has 1 aromatic heterocycles. The second kappa shape index (κ2) is 3.43. The zero-order chi connectivity index (χ0) is 10.9. The summed E-state index contributed by atoms with van der Waals surface area (Å²) in [6.07, 6.45) is 3.24. The SMILES string of the molecule is CN(Cc1ccc[nH]1)C(=O)C1(C#N)CC1. The number of carbonyl (C=O) groups excluding carboxylic acids is 1. The third kappa shape index (κ3) is 1.73. The fourth-order valence-electron chi connectivity index (χ4n) is 1.66. The van der Waals surface area contributed by atoms with Gasteiger partial charge in [-0.25, -0.2) is 0 Å². The average Bonchev–Trinajstić information content (AvgIpc) is 2.89. The molecule has 1 fully saturated rings. The first kappa shape index (κ1) is 9.78. The Morgan fingerprint density at radius 2 is 2.47 bits per heavy atom. The van der Waals surface area contributed by atoms with E-state index in [1.807, 2.05) is 18.3 Å². The Balaban J connectivity index is 2.00. The van der Waals surface area contributed by atoms with Crippen molar-refractivity contribution >= 4 is 5.91 Å². The van der Waals surface area contributed by atoms with E-state index in [-0.39, 0.29) is 5.91 Å². The molecule has 0 bridgehead atoms. The number of hydrogen-bond donors (Lipinski definition) is 1. The third-order valence-corrected chi connectivity index (χ3v) is 2.79. The van der Waals surface area contributed by atoms with Crippen molar-refractivity contribution in [1.29, 1.82) is 5.26 Å². The van der Waals surface area contributed by atoms with Crippen molar-refractivity contribution in [2.45, 2.75) is 19.4 Å². The summed E-state index contributed by atoms with van der Waals surface area (Å²) in [7, 11) is 1.74. The molecule has 4 nitrogen and oxygen atoms in total. The number of nitrogens with one attached hydrogen (secondary N) is 1. The van der Waals surface area contributed by atoms with Crippen LogP contribution in [0.25, 0.3) is 0 Å². The van der Waals surface area contributed by atoms with Gasteiger partial charge in [-0.3, -0.25) is 4.79 Å². The molecule has 4 heteroatoms. The molecule has 1 aromatic rings. The fourth-order valence-corrected chi connectivity index (χ4v) is 1.66. The molecule has 0 unspecified atom stereocenters. The number of rotatable bonds is 3. The van der Waals surface area contributed by atoms with Gasteiger partial charge in [0, 0.05) is 18.9 Å². The van der Waals surface area contributed by atoms with Crippen molar-refractivity contribution < 1.29 is 4.79 Å². The van der Waals surface area contributed by atoms with Crippen LogP contribution in [0.4, 0.5) is 0 Å². The van der Waals surface area contributed by atoms with E-state index in [9.17, 15) is 4.79 Å². The monoisotopic (exact) mass is 203 g/mol. The molecule has 1 aliphatic rings. The van der Waals surface area contributed by atoms with Gasteiger partial charge in [-0.2, -0.15) is 5.26 Å². The van der Waals surface area contributed by atoms with Gasteiger partial charge in [0.1, 0.15) is 5.41 Å². The molecular formula is C11H13N3O. The van der Waals surface area contributed by atoms with Crippen LogP contribution in [0.5, 0.6) is 0 Å². The second-order valence-electron chi connectivity index (χ2n) is 4.05. The Bertz CT molecular complexity index is 398. The van der Waals surface area contributed by atoms with Crippen LogP contribution in [0.15, 0.2) is 18.3 Å². The second-order valence-corrected chi connectivity index (χ2v) is 4.05. The van der Waals surface area contributed by atoms with Crippen LogP contribution in [0.3, 0.4) is 0 Å². The first-order valence-corrected chi connectivity index (χ1v) is 4.97. The Hall–Kier alpha value is -1.76. The number of carbonyl (C=O) groups is 1. The molecule has 0 spiro atoms. The van der Waals surface area contributed by atoms with Crippen LogP contribution in [-0.2, 0) is 11.3 Å². The third-order valence-electron chi connectivity index (χ3n) is 2.79. The highest BCUT2D eigenvalue weighted by Gasteiger charge is 2.51. The molecule has 1 aliphatic carbocycles. The summed E-state index contributed by atoms with van der Waals surface area (Å²) in [6.45, 7) is 0.537. The number of nitriles is 1. The molecule has 0 atom stereocenters. The van der Waals surface area contributed by atoms with E-state index in [0.29, 0.717) is 19.4 Å². The summed E-state index contributed by atoms with van der Waals surface area (Å²) in [5, 5.41) is 8.90. The predicted molar refractivity (Wildman–Crippen MR) is 54.5 cm³/mol. The quantitative estimate of drug-likeness (QED) is 0.804. The molecule has 15 heavy (non-hydrogen) atoms. The Morgan fingerprint density at radius 1 is 1.73 bits per heavy atom. The summed E-state index contributed by atoms with van der Waals surface area (Å²) in [4.78, 5) is 16.5. The van der Waals surface area contributed by atoms with Gasteiger partial charge < -0.3 is 9.88 Å². The highest BCUT2D eigenvalue weighted by molar-refractivity contribution is 5.88. The summed E-state index contributed by atoms with van der Waals surface area (Å²) >= 11 is 0. The van der Waals surface area contributed by atoms with E-state index in [0.717, 1.165) is 5.69 Å². The molecular weight excluding hydrogens is 190 g/mol. The minimum atomic E-state index is -0.707. The maximum absolute atomic E-state index is 11.9. The fraction of sp³-hybridized carbons (Fsp3) is 0.455. The van der Waals surface area contributed by atoms with Crippen molar-refractivity contribution in [1.82, 2.24) is 9.88 Å². The molecule has 0 aliphatic heterocycles. The van der Waals surface area contributed by atoms with Crippen LogP contribution in [-0.4, -0.2) is 22.8 Å². The lowest BCUT2D eigenvalue weighted by Gasteiger charge is -2.18. The maximum atomic E-state index is 11.9. The van der Waals surface area contributed by atoms with Crippen molar-refractivity contribution in [3.63, 3.8) is 0 Å². The minimum absolute atomic E-state index is 0.0559. The lowest BCUT2D eigenvalue weighted by molar-refractivity contribution is -0.134. The van der Waals surface area contributed by atoms with Crippen molar-refractivity contribution in [3.05, 3.63) is 24.0 Å². The van der Waals surface area contributed by atoms with Gasteiger partial charge in [0.2, 0.25) is 5.91 Å². The molecule has 1 heterocycles. The standard InChI is InChI=1S/C11H13N3O/c1-14(7-9-3-2-6-13-9)10(15)11(8-12)4-5-11/h2-3,6,13H,4-5,7H2,1H3. The predicted octanol–water partition coefficient (Wildman–Crippen LogP) is 1.28. The van der Waals surface area contributed by atoms with Crippen LogP contribution >= 0.6 is 0 Å². The van der Waals surface area contributed by atoms with E-state index in [2.05, 4.69) is 11.1 Å². The number of aromatic amines is 1. The van der Waals surface area contributed by atoms with E-state index >= 15 is 0 Å². The van der Waals surface area contributed by atoms with Crippen molar-refractivity contribution in [3.8, 4) is 6.07 Å². The zero-order valence-corrected chi connectivity index (χ0v) is 8.66. The smallest absolute Gasteiger partial charge is 0.243 e. The summed E-state index contributed by atoms with van der Waals surface area (Å²) in [5.74, 6) is -0.0559. The number of hydrogen-bond acceptors (Lipinski definition) is 2. The topological polar surface area (TPSA) is 59.9 Å². The lowest BCUT2D eigenvalue weighted by Crippen LogP contribution is -2.33. The largest absolute Gasteiger partial charge is 0.364 e. The van der Waals surface area contributed by atoms with Crippen molar-refractivity contribution in [2.24, 2.45) is 5.41 Å². The number of H-pyrrole nitrogens is 1. The van der Waals surface area contributed by atoms with E-state index in [1.165, 1.54) is 0 Å². The highest BCUT2D eigenvalue weighted by atomic mass is 16.2. The number of aromatic nitrogens is 1. The normalized spacial score (nSPS) is 16.8. The van der Waals surface area contributed by atoms with Crippen LogP contribution in [0, 0.1) is 16.7 Å². The molecule has 0 aromatic carbocycles. The average molecular weight is 203 g/mol. The molecule has 0 saturated heterocycles. The summed E-state index contributed by atoms with van der Waals surface area (Å²) < 4.78 is 0. The first-order valence-electron chi connectivity index (χ1n) is 4.97. The minimum Gasteiger partial charge on any atom is -0.364 e. The van der Waals surface area contributed by atoms with Crippen LogP contribution < -0.4 is 0 Å². The lowest BCUT2D eigenvalue weighted by atomic mass is 10.1. The number of amides is 1. The van der Waals surface area contributed by atoms with Gasteiger partial charge in [-0.05, 0) is 25.0 Å². The zero-order valence-electron chi connectivity index (χ0n) is 8.66. The Labute approximate surface area is 88.5 Å². The van der Waals surface area contributed by atoms with Crippen LogP contribution in [0.2, 0.25) is 0 Å². The summed E-state index contributed by atoms with van der Waals surface area (Å²) in [6, 6.07) is 5.93. The van der Waals surface area contributed by atoms with Crippen molar-refractivity contribution in [2.75, 3.05) is 7.05 Å². The maximum Gasteiger partial charge on any atom is 0.243 e. The molecule has 0 radical (unpaired) electrons. The molecule has 1 saturated carbocycles. The first-order chi connectivity index (χ1) is 7.18. The van der Waals surface area contributed by atoms with E-state index in [1.54, 1.807) is 11.9 Å². The molecule has 78 valence electrons. The Morgan fingerprint density at radius 3 is 2.93 bits per heavy atom. The highest BCUT2D eigenvalue weighted by Crippen LogP contribution is 2.46. The molecule has 1 amide bonds. The Kier molecular flexibility index (Phi) is 2.24. The number of nitrogens with zero attached hydrogens (tertiary/aromatic N) is 2. The van der Waals surface area contributed by atoms with Gasteiger partial charge in [-0.1, -0.05) is 0 Å². The van der Waals surface area contributed by atoms with Crippen LogP contribution in [0.1, 0.15) is 18.5 Å². The molecule has 2 rings (SSSR count). The van der Waals surface area contributed by atoms with Gasteiger partial charge in [0.25, 0.3) is 0 Å².